The van der Waals surface area contributed by atoms with Gasteiger partial charge < -0.3 is 10.2 Å². The first-order valence-electron chi connectivity index (χ1n) is 12.9. The second kappa shape index (κ2) is 11.8. The summed E-state index contributed by atoms with van der Waals surface area (Å²) in [6.07, 6.45) is 5.13. The monoisotopic (exact) mass is 570 g/mol. The number of hydrogen-bond donors (Lipinski definition) is 2. The summed E-state index contributed by atoms with van der Waals surface area (Å²) in [6, 6.07) is 9.93. The zero-order valence-electron chi connectivity index (χ0n) is 21.7. The molecule has 1 amide bonds. The van der Waals surface area contributed by atoms with Crippen LogP contribution in [0.15, 0.2) is 36.4 Å². The van der Waals surface area contributed by atoms with Crippen molar-refractivity contribution in [3.63, 3.8) is 0 Å². The van der Waals surface area contributed by atoms with Gasteiger partial charge in [-0.25, -0.2) is 9.37 Å². The van der Waals surface area contributed by atoms with E-state index in [1.54, 1.807) is 30.3 Å². The summed E-state index contributed by atoms with van der Waals surface area (Å²) in [5, 5.41) is 17.8. The first-order valence-corrected chi connectivity index (χ1v) is 13.6. The van der Waals surface area contributed by atoms with Crippen LogP contribution in [-0.2, 0) is 0 Å². The topological polar surface area (TPSA) is 105 Å². The third kappa shape index (κ3) is 5.83. The summed E-state index contributed by atoms with van der Waals surface area (Å²) >= 11 is 12.8. The number of nitrogens with zero attached hydrogens (tertiary/aromatic N) is 6. The fraction of sp³-hybridized carbons (Fsp3) is 0.370. The number of H-pyrrole nitrogens is 1. The third-order valence-electron chi connectivity index (χ3n) is 6.89. The van der Waals surface area contributed by atoms with Crippen molar-refractivity contribution in [3.8, 4) is 28.5 Å². The van der Waals surface area contributed by atoms with E-state index in [2.05, 4.69) is 25.9 Å². The SMILES string of the molecule is CN(C)CCNC(=O)c1cc(Cl)cc(-n2c(C3CCCCC3)nc(-c3nn[nH]n3)c2-c2cccc(Cl)c2F)c1. The molecule has 9 nitrogen and oxygen atoms in total. The third-order valence-corrected chi connectivity index (χ3v) is 7.40. The largest absolute Gasteiger partial charge is 0.351 e. The van der Waals surface area contributed by atoms with Crippen LogP contribution >= 0.6 is 23.2 Å². The molecule has 2 heterocycles. The molecule has 0 aliphatic heterocycles. The molecule has 1 saturated carbocycles. The van der Waals surface area contributed by atoms with Gasteiger partial charge in [0.05, 0.1) is 10.7 Å². The Morgan fingerprint density at radius 1 is 1.18 bits per heavy atom. The number of tetrazole rings is 1. The number of hydrogen-bond acceptors (Lipinski definition) is 6. The normalized spacial score (nSPS) is 14.2. The molecule has 4 aromatic rings. The molecule has 2 aromatic carbocycles. The van der Waals surface area contributed by atoms with Crippen molar-refractivity contribution >= 4 is 29.1 Å². The highest BCUT2D eigenvalue weighted by molar-refractivity contribution is 6.31. The van der Waals surface area contributed by atoms with Crippen molar-refractivity contribution in [2.75, 3.05) is 27.2 Å². The second-order valence-electron chi connectivity index (χ2n) is 9.93. The van der Waals surface area contributed by atoms with Crippen LogP contribution in [0.5, 0.6) is 0 Å². The molecule has 0 saturated heterocycles. The lowest BCUT2D eigenvalue weighted by Crippen LogP contribution is -2.31. The van der Waals surface area contributed by atoms with Gasteiger partial charge in [-0.1, -0.05) is 48.5 Å². The number of imidazole rings is 1. The number of carbonyl (C=O) groups excluding carboxylic acids is 1. The summed E-state index contributed by atoms with van der Waals surface area (Å²) in [6.45, 7) is 1.17. The zero-order valence-corrected chi connectivity index (χ0v) is 23.2. The molecule has 204 valence electrons. The molecule has 2 N–H and O–H groups in total. The molecule has 39 heavy (non-hydrogen) atoms. The number of aromatic amines is 1. The molecule has 5 rings (SSSR count). The van der Waals surface area contributed by atoms with Crippen LogP contribution in [0.4, 0.5) is 4.39 Å². The highest BCUT2D eigenvalue weighted by Crippen LogP contribution is 2.42. The van der Waals surface area contributed by atoms with Crippen LogP contribution in [0.3, 0.4) is 0 Å². The number of halogens is 3. The molecule has 1 fully saturated rings. The molecule has 1 aliphatic carbocycles. The molecule has 0 spiro atoms. The van der Waals surface area contributed by atoms with E-state index in [9.17, 15) is 4.79 Å². The molecule has 0 atom stereocenters. The van der Waals surface area contributed by atoms with Crippen molar-refractivity contribution in [1.82, 2.24) is 40.4 Å². The van der Waals surface area contributed by atoms with E-state index in [-0.39, 0.29) is 28.2 Å². The Kier molecular flexibility index (Phi) is 8.25. The Morgan fingerprint density at radius 3 is 2.69 bits per heavy atom. The van der Waals surface area contributed by atoms with Gasteiger partial charge in [-0.2, -0.15) is 5.21 Å². The van der Waals surface area contributed by atoms with E-state index >= 15 is 4.39 Å². The minimum Gasteiger partial charge on any atom is -0.351 e. The lowest BCUT2D eigenvalue weighted by molar-refractivity contribution is 0.0951. The van der Waals surface area contributed by atoms with E-state index < -0.39 is 5.82 Å². The van der Waals surface area contributed by atoms with Gasteiger partial charge in [0.2, 0.25) is 5.82 Å². The van der Waals surface area contributed by atoms with Crippen LogP contribution in [0.2, 0.25) is 10.0 Å². The fourth-order valence-electron chi connectivity index (χ4n) is 5.02. The zero-order chi connectivity index (χ0) is 27.5. The van der Waals surface area contributed by atoms with Crippen molar-refractivity contribution < 1.29 is 9.18 Å². The number of amides is 1. The van der Waals surface area contributed by atoms with E-state index in [0.29, 0.717) is 40.8 Å². The average Bonchev–Trinajstić information content (AvgIpc) is 3.58. The van der Waals surface area contributed by atoms with Crippen molar-refractivity contribution in [1.29, 1.82) is 0 Å². The van der Waals surface area contributed by atoms with Crippen molar-refractivity contribution in [3.05, 3.63) is 63.6 Å². The minimum atomic E-state index is -0.594. The predicted octanol–water partition coefficient (Wildman–Crippen LogP) is 5.50. The van der Waals surface area contributed by atoms with E-state index in [1.807, 2.05) is 23.6 Å². The molecule has 12 heteroatoms. The molecule has 0 radical (unpaired) electrons. The van der Waals surface area contributed by atoms with Gasteiger partial charge in [0, 0.05) is 40.8 Å². The Bertz CT molecular complexity index is 1460. The lowest BCUT2D eigenvalue weighted by Gasteiger charge is -2.23. The maximum atomic E-state index is 15.6. The Labute approximate surface area is 235 Å². The van der Waals surface area contributed by atoms with Gasteiger partial charge in [-0.05, 0) is 62.5 Å². The van der Waals surface area contributed by atoms with Crippen LogP contribution < -0.4 is 5.32 Å². The van der Waals surface area contributed by atoms with E-state index in [4.69, 9.17) is 28.2 Å². The fourth-order valence-corrected chi connectivity index (χ4v) is 5.42. The molecule has 0 bridgehead atoms. The number of benzene rings is 2. The summed E-state index contributed by atoms with van der Waals surface area (Å²) in [7, 11) is 3.88. The van der Waals surface area contributed by atoms with Gasteiger partial charge in [0.25, 0.3) is 5.91 Å². The maximum Gasteiger partial charge on any atom is 0.251 e. The molecular weight excluding hydrogens is 542 g/mol. The summed E-state index contributed by atoms with van der Waals surface area (Å²) in [5.74, 6) is 0.212. The highest BCUT2D eigenvalue weighted by Gasteiger charge is 2.31. The van der Waals surface area contributed by atoms with Crippen LogP contribution in [0.25, 0.3) is 28.5 Å². The van der Waals surface area contributed by atoms with Gasteiger partial charge in [0.1, 0.15) is 11.5 Å². The lowest BCUT2D eigenvalue weighted by atomic mass is 9.88. The summed E-state index contributed by atoms with van der Waals surface area (Å²) in [4.78, 5) is 20.0. The number of nitrogens with one attached hydrogen (secondary N) is 2. The average molecular weight is 571 g/mol. The van der Waals surface area contributed by atoms with Crippen molar-refractivity contribution in [2.45, 2.75) is 38.0 Å². The van der Waals surface area contributed by atoms with Crippen molar-refractivity contribution in [2.24, 2.45) is 0 Å². The van der Waals surface area contributed by atoms with Gasteiger partial charge in [0.15, 0.2) is 5.82 Å². The second-order valence-corrected chi connectivity index (χ2v) is 10.8. The Balaban J connectivity index is 1.73. The quantitative estimate of drug-likeness (QED) is 0.289. The number of aromatic nitrogens is 6. The van der Waals surface area contributed by atoms with E-state index in [1.165, 1.54) is 6.07 Å². The molecule has 1 aliphatic rings. The predicted molar refractivity (Wildman–Crippen MR) is 149 cm³/mol. The summed E-state index contributed by atoms with van der Waals surface area (Å²) in [5.41, 5.74) is 1.98. The first-order chi connectivity index (χ1) is 18.8. The van der Waals surface area contributed by atoms with Gasteiger partial charge in [-0.3, -0.25) is 9.36 Å². The number of carbonyl (C=O) groups is 1. The highest BCUT2D eigenvalue weighted by atomic mass is 35.5. The first kappa shape index (κ1) is 27.2. The van der Waals surface area contributed by atoms with Gasteiger partial charge >= 0.3 is 0 Å². The molecule has 0 unspecified atom stereocenters. The van der Waals surface area contributed by atoms with Crippen LogP contribution in [0, 0.1) is 5.82 Å². The smallest absolute Gasteiger partial charge is 0.251 e. The minimum absolute atomic E-state index is 0.0226. The van der Waals surface area contributed by atoms with Gasteiger partial charge in [-0.15, -0.1) is 10.2 Å². The standard InChI is InChI=1S/C27H29Cl2FN8O/c1-37(2)12-11-31-27(39)17-13-18(28)15-19(14-17)38-24(20-9-6-10-21(29)22(20)30)23(25-33-35-36-34-25)32-26(38)16-7-4-3-5-8-16/h6,9-10,13-16H,3-5,7-8,11-12H2,1-2H3,(H,31,39)(H,33,34,35,36). The Morgan fingerprint density at radius 2 is 1.97 bits per heavy atom. The van der Waals surface area contributed by atoms with Crippen LogP contribution in [-0.4, -0.2) is 68.2 Å². The maximum absolute atomic E-state index is 15.6. The number of rotatable bonds is 8. The molecule has 2 aromatic heterocycles. The Hall–Kier alpha value is -3.34. The van der Waals surface area contributed by atoms with E-state index in [0.717, 1.165) is 37.9 Å². The number of likely N-dealkylation sites (N-methyl/N-ethyl adjacent to an activating group) is 1. The molecular formula is C27H29Cl2FN8O. The summed E-state index contributed by atoms with van der Waals surface area (Å²) < 4.78 is 17.5. The van der Waals surface area contributed by atoms with Crippen LogP contribution in [0.1, 0.15) is 54.2 Å².